The molecule has 3 nitrogen and oxygen atoms in total. The highest BCUT2D eigenvalue weighted by molar-refractivity contribution is 7.18. The van der Waals surface area contributed by atoms with Gasteiger partial charge in [-0.1, -0.05) is 30.3 Å². The minimum absolute atomic E-state index is 0.338. The van der Waals surface area contributed by atoms with Gasteiger partial charge < -0.3 is 0 Å². The van der Waals surface area contributed by atoms with Crippen LogP contribution in [0.1, 0.15) is 16.1 Å². The SMILES string of the molecule is FC(F)(F)c1ccccc1CN1CCN(Cc2nc3ccccc3s2)CC1. The molecule has 1 aromatic heterocycles. The second-order valence-corrected chi connectivity index (χ2v) is 7.90. The molecule has 0 atom stereocenters. The fourth-order valence-electron chi connectivity index (χ4n) is 3.46. The summed E-state index contributed by atoms with van der Waals surface area (Å²) in [6, 6.07) is 14.0. The largest absolute Gasteiger partial charge is 0.416 e. The van der Waals surface area contributed by atoms with E-state index in [2.05, 4.69) is 20.9 Å². The Morgan fingerprint density at radius 3 is 2.19 bits per heavy atom. The number of para-hydroxylation sites is 1. The fourth-order valence-corrected chi connectivity index (χ4v) is 4.47. The van der Waals surface area contributed by atoms with Gasteiger partial charge in [-0.3, -0.25) is 9.80 Å². The van der Waals surface area contributed by atoms with Crippen molar-refractivity contribution in [2.75, 3.05) is 26.2 Å². The van der Waals surface area contributed by atoms with Crippen LogP contribution in [-0.4, -0.2) is 41.0 Å². The Balaban J connectivity index is 1.35. The number of rotatable bonds is 4. The fraction of sp³-hybridized carbons (Fsp3) is 0.350. The van der Waals surface area contributed by atoms with E-state index in [4.69, 9.17) is 0 Å². The van der Waals surface area contributed by atoms with Gasteiger partial charge in [0, 0.05) is 32.7 Å². The van der Waals surface area contributed by atoms with E-state index in [-0.39, 0.29) is 0 Å². The Bertz CT molecular complexity index is 881. The molecule has 7 heteroatoms. The first kappa shape index (κ1) is 18.4. The van der Waals surface area contributed by atoms with E-state index >= 15 is 0 Å². The average Bonchev–Trinajstić information content (AvgIpc) is 3.05. The summed E-state index contributed by atoms with van der Waals surface area (Å²) in [7, 11) is 0. The van der Waals surface area contributed by atoms with E-state index in [9.17, 15) is 13.2 Å². The first-order valence-corrected chi connectivity index (χ1v) is 9.75. The lowest BCUT2D eigenvalue weighted by Gasteiger charge is -2.34. The number of thiazole rings is 1. The van der Waals surface area contributed by atoms with Crippen LogP contribution in [0.15, 0.2) is 48.5 Å². The highest BCUT2D eigenvalue weighted by Gasteiger charge is 2.33. The number of fused-ring (bicyclic) bond motifs is 1. The van der Waals surface area contributed by atoms with Crippen LogP contribution in [0.25, 0.3) is 10.2 Å². The maximum atomic E-state index is 13.2. The molecule has 3 aromatic rings. The Morgan fingerprint density at radius 1 is 0.852 bits per heavy atom. The topological polar surface area (TPSA) is 19.4 Å². The van der Waals surface area contributed by atoms with Crippen molar-refractivity contribution in [1.82, 2.24) is 14.8 Å². The molecule has 0 aliphatic carbocycles. The molecule has 0 amide bonds. The van der Waals surface area contributed by atoms with Crippen molar-refractivity contribution < 1.29 is 13.2 Å². The summed E-state index contributed by atoms with van der Waals surface area (Å²) in [4.78, 5) is 9.09. The number of benzene rings is 2. The van der Waals surface area contributed by atoms with Gasteiger partial charge in [0.15, 0.2) is 0 Å². The molecule has 0 N–H and O–H groups in total. The van der Waals surface area contributed by atoms with Crippen LogP contribution in [-0.2, 0) is 19.3 Å². The smallest absolute Gasteiger partial charge is 0.297 e. The molecule has 0 radical (unpaired) electrons. The van der Waals surface area contributed by atoms with E-state index in [0.29, 0.717) is 12.1 Å². The minimum atomic E-state index is -4.30. The van der Waals surface area contributed by atoms with Gasteiger partial charge in [-0.25, -0.2) is 4.98 Å². The van der Waals surface area contributed by atoms with Crippen molar-refractivity contribution in [2.45, 2.75) is 19.3 Å². The summed E-state index contributed by atoms with van der Waals surface area (Å²) in [6.45, 7) is 4.33. The molecule has 1 fully saturated rings. The third kappa shape index (κ3) is 4.31. The molecule has 0 spiro atoms. The Labute approximate surface area is 160 Å². The van der Waals surface area contributed by atoms with Gasteiger partial charge in [0.2, 0.25) is 0 Å². The molecule has 1 aliphatic rings. The Kier molecular flexibility index (Phi) is 5.16. The molecule has 0 unspecified atom stereocenters. The van der Waals surface area contributed by atoms with E-state index in [1.54, 1.807) is 23.5 Å². The molecule has 27 heavy (non-hydrogen) atoms. The zero-order valence-corrected chi connectivity index (χ0v) is 15.6. The monoisotopic (exact) mass is 391 g/mol. The maximum absolute atomic E-state index is 13.2. The summed E-state index contributed by atoms with van der Waals surface area (Å²) in [5, 5.41) is 1.09. The molecular formula is C20H20F3N3S. The predicted molar refractivity (Wildman–Crippen MR) is 102 cm³/mol. The normalized spacial score (nSPS) is 16.9. The van der Waals surface area contributed by atoms with Gasteiger partial charge in [-0.05, 0) is 23.8 Å². The molecule has 0 bridgehead atoms. The lowest BCUT2D eigenvalue weighted by atomic mass is 10.1. The zero-order valence-electron chi connectivity index (χ0n) is 14.7. The van der Waals surface area contributed by atoms with E-state index in [0.717, 1.165) is 43.2 Å². The van der Waals surface area contributed by atoms with Crippen LogP contribution in [0.2, 0.25) is 0 Å². The lowest BCUT2D eigenvalue weighted by molar-refractivity contribution is -0.138. The van der Waals surface area contributed by atoms with Crippen LogP contribution < -0.4 is 0 Å². The van der Waals surface area contributed by atoms with Crippen molar-refractivity contribution >= 4 is 21.6 Å². The second-order valence-electron chi connectivity index (χ2n) is 6.78. The molecule has 2 heterocycles. The Morgan fingerprint density at radius 2 is 1.48 bits per heavy atom. The second kappa shape index (κ2) is 7.58. The number of nitrogens with zero attached hydrogens (tertiary/aromatic N) is 3. The standard InChI is InChI=1S/C20H20F3N3S/c21-20(22,23)16-6-2-1-5-15(16)13-25-9-11-26(12-10-25)14-19-24-17-7-3-4-8-18(17)27-19/h1-8H,9-14H2. The third-order valence-electron chi connectivity index (χ3n) is 4.88. The van der Waals surface area contributed by atoms with Gasteiger partial charge in [0.1, 0.15) is 5.01 Å². The van der Waals surface area contributed by atoms with Crippen molar-refractivity contribution in [1.29, 1.82) is 0 Å². The summed E-state index contributed by atoms with van der Waals surface area (Å²) < 4.78 is 40.7. The highest BCUT2D eigenvalue weighted by Crippen LogP contribution is 2.32. The molecule has 4 rings (SSSR count). The first-order chi connectivity index (χ1) is 13.0. The van der Waals surface area contributed by atoms with Gasteiger partial charge in [-0.2, -0.15) is 13.2 Å². The maximum Gasteiger partial charge on any atom is 0.416 e. The minimum Gasteiger partial charge on any atom is -0.297 e. The average molecular weight is 391 g/mol. The van der Waals surface area contributed by atoms with Crippen molar-refractivity contribution in [3.63, 3.8) is 0 Å². The number of alkyl halides is 3. The summed E-state index contributed by atoms with van der Waals surface area (Å²) in [5.41, 5.74) is 0.853. The molecular weight excluding hydrogens is 371 g/mol. The predicted octanol–water partition coefficient (Wildman–Crippen LogP) is 4.63. The zero-order chi connectivity index (χ0) is 18.9. The van der Waals surface area contributed by atoms with Crippen LogP contribution in [0.5, 0.6) is 0 Å². The number of hydrogen-bond acceptors (Lipinski definition) is 4. The Hall–Kier alpha value is -1.96. The summed E-state index contributed by atoms with van der Waals surface area (Å²) in [5.74, 6) is 0. The molecule has 0 saturated carbocycles. The van der Waals surface area contributed by atoms with E-state index < -0.39 is 11.7 Å². The lowest BCUT2D eigenvalue weighted by Crippen LogP contribution is -2.45. The van der Waals surface area contributed by atoms with Crippen molar-refractivity contribution in [3.05, 3.63) is 64.7 Å². The molecule has 1 aliphatic heterocycles. The van der Waals surface area contributed by atoms with Crippen LogP contribution in [0.4, 0.5) is 13.2 Å². The van der Waals surface area contributed by atoms with Gasteiger partial charge in [-0.15, -0.1) is 11.3 Å². The highest BCUT2D eigenvalue weighted by atomic mass is 32.1. The number of halogens is 3. The van der Waals surface area contributed by atoms with Crippen LogP contribution in [0.3, 0.4) is 0 Å². The molecule has 2 aromatic carbocycles. The van der Waals surface area contributed by atoms with Crippen molar-refractivity contribution in [2.24, 2.45) is 0 Å². The summed E-state index contributed by atoms with van der Waals surface area (Å²) >= 11 is 1.71. The quantitative estimate of drug-likeness (QED) is 0.646. The number of hydrogen-bond donors (Lipinski definition) is 0. The van der Waals surface area contributed by atoms with Gasteiger partial charge >= 0.3 is 6.18 Å². The van der Waals surface area contributed by atoms with Crippen LogP contribution >= 0.6 is 11.3 Å². The van der Waals surface area contributed by atoms with Crippen LogP contribution in [0, 0.1) is 0 Å². The number of aromatic nitrogens is 1. The summed E-state index contributed by atoms with van der Waals surface area (Å²) in [6.07, 6.45) is -4.30. The van der Waals surface area contributed by atoms with Crippen molar-refractivity contribution in [3.8, 4) is 0 Å². The van der Waals surface area contributed by atoms with Gasteiger partial charge in [0.05, 0.1) is 22.3 Å². The third-order valence-corrected chi connectivity index (χ3v) is 5.90. The van der Waals surface area contributed by atoms with E-state index in [1.807, 2.05) is 18.2 Å². The molecule has 142 valence electrons. The first-order valence-electron chi connectivity index (χ1n) is 8.93. The molecule has 1 saturated heterocycles. The van der Waals surface area contributed by atoms with E-state index in [1.165, 1.54) is 16.8 Å². The number of piperazine rings is 1. The van der Waals surface area contributed by atoms with Gasteiger partial charge in [0.25, 0.3) is 0 Å².